The molecule has 0 saturated heterocycles. The molecular formula is C40H32N4. The van der Waals surface area contributed by atoms with Gasteiger partial charge >= 0.3 is 0 Å². The van der Waals surface area contributed by atoms with E-state index in [1.807, 2.05) is 36.4 Å². The summed E-state index contributed by atoms with van der Waals surface area (Å²) in [5.74, 6) is 5.24. The van der Waals surface area contributed by atoms with Crippen LogP contribution in [0.2, 0.25) is 0 Å². The van der Waals surface area contributed by atoms with Crippen LogP contribution >= 0.6 is 0 Å². The maximum atomic E-state index is 5.06. The Hall–Kier alpha value is -4.70. The summed E-state index contributed by atoms with van der Waals surface area (Å²) in [6, 6.07) is 37.1. The average molecular weight is 569 g/mol. The molecule has 4 nitrogen and oxygen atoms in total. The monoisotopic (exact) mass is 568 g/mol. The third-order valence-corrected chi connectivity index (χ3v) is 11.3. The minimum absolute atomic E-state index is 0.119. The van der Waals surface area contributed by atoms with Gasteiger partial charge in [-0.25, -0.2) is 15.0 Å². The van der Waals surface area contributed by atoms with Gasteiger partial charge in [-0.1, -0.05) is 72.8 Å². The van der Waals surface area contributed by atoms with Crippen molar-refractivity contribution in [2.24, 2.45) is 23.7 Å². The molecule has 0 unspecified atom stereocenters. The molecule has 0 radical (unpaired) electrons. The number of hydrogen-bond acceptors (Lipinski definition) is 4. The first-order valence-electron chi connectivity index (χ1n) is 16.2. The summed E-state index contributed by atoms with van der Waals surface area (Å²) in [5, 5.41) is 2.67. The molecule has 4 heteroatoms. The second-order valence-corrected chi connectivity index (χ2v) is 13.6. The second-order valence-electron chi connectivity index (χ2n) is 13.6. The highest BCUT2D eigenvalue weighted by Gasteiger charge is 2.61. The number of aromatic nitrogens is 4. The lowest BCUT2D eigenvalue weighted by atomic mass is 9.43. The number of nitrogens with zero attached hydrogens (tertiary/aromatic N) is 4. The van der Waals surface area contributed by atoms with Gasteiger partial charge in [-0.2, -0.15) is 0 Å². The zero-order valence-corrected chi connectivity index (χ0v) is 24.5. The highest BCUT2D eigenvalue weighted by molar-refractivity contribution is 5.95. The lowest BCUT2D eigenvalue weighted by Gasteiger charge is -2.61. The largest absolute Gasteiger partial charge is 0.253 e. The van der Waals surface area contributed by atoms with Crippen molar-refractivity contribution in [3.8, 4) is 45.4 Å². The van der Waals surface area contributed by atoms with E-state index in [0.29, 0.717) is 17.5 Å². The molecule has 5 aliphatic rings. The smallest absolute Gasteiger partial charge is 0.182 e. The third kappa shape index (κ3) is 3.45. The lowest BCUT2D eigenvalue weighted by Crippen LogP contribution is -2.55. The molecule has 0 atom stereocenters. The Labute approximate surface area is 257 Å². The summed E-state index contributed by atoms with van der Waals surface area (Å²) in [6.07, 6.45) is 8.76. The van der Waals surface area contributed by atoms with Crippen LogP contribution in [-0.2, 0) is 5.41 Å². The van der Waals surface area contributed by atoms with E-state index in [1.165, 1.54) is 54.0 Å². The fourth-order valence-corrected chi connectivity index (χ4v) is 9.86. The van der Waals surface area contributed by atoms with Gasteiger partial charge in [-0.15, -0.1) is 0 Å². The molecule has 0 N–H and O–H groups in total. The van der Waals surface area contributed by atoms with Gasteiger partial charge in [0.2, 0.25) is 0 Å². The predicted molar refractivity (Wildman–Crippen MR) is 175 cm³/mol. The van der Waals surface area contributed by atoms with Crippen LogP contribution in [0, 0.1) is 23.7 Å². The Bertz CT molecular complexity index is 2000. The molecule has 4 fully saturated rings. The van der Waals surface area contributed by atoms with Gasteiger partial charge < -0.3 is 0 Å². The highest BCUT2D eigenvalue weighted by atomic mass is 15.0. The lowest BCUT2D eigenvalue weighted by molar-refractivity contribution is -0.0398. The van der Waals surface area contributed by atoms with E-state index in [4.69, 9.17) is 15.0 Å². The van der Waals surface area contributed by atoms with Crippen molar-refractivity contribution < 1.29 is 0 Å². The van der Waals surface area contributed by atoms with Crippen LogP contribution in [0.5, 0.6) is 0 Å². The Morgan fingerprint density at radius 2 is 1.14 bits per heavy atom. The van der Waals surface area contributed by atoms with E-state index in [1.54, 1.807) is 17.3 Å². The van der Waals surface area contributed by atoms with Gasteiger partial charge in [-0.3, -0.25) is 4.98 Å². The zero-order valence-electron chi connectivity index (χ0n) is 24.5. The van der Waals surface area contributed by atoms with Crippen LogP contribution < -0.4 is 0 Å². The maximum absolute atomic E-state index is 5.06. The first-order valence-corrected chi connectivity index (χ1v) is 16.2. The van der Waals surface area contributed by atoms with Crippen LogP contribution in [0.1, 0.15) is 43.2 Å². The van der Waals surface area contributed by atoms with E-state index >= 15 is 0 Å². The van der Waals surface area contributed by atoms with Crippen molar-refractivity contribution in [3.63, 3.8) is 0 Å². The zero-order chi connectivity index (χ0) is 28.8. The fourth-order valence-electron chi connectivity index (χ4n) is 9.86. The number of benzene rings is 4. The average Bonchev–Trinajstić information content (AvgIpc) is 3.35. The first-order chi connectivity index (χ1) is 21.7. The van der Waals surface area contributed by atoms with Gasteiger partial charge in [0.1, 0.15) is 5.69 Å². The molecule has 4 aromatic carbocycles. The van der Waals surface area contributed by atoms with Gasteiger partial charge in [0.25, 0.3) is 0 Å². The Balaban J connectivity index is 1.20. The minimum atomic E-state index is 0.119. The number of fused-ring (bicyclic) bond motifs is 4. The highest BCUT2D eigenvalue weighted by Crippen LogP contribution is 2.69. The predicted octanol–water partition coefficient (Wildman–Crippen LogP) is 9.14. The minimum Gasteiger partial charge on any atom is -0.253 e. The Kier molecular flexibility index (Phi) is 5.14. The third-order valence-electron chi connectivity index (χ3n) is 11.3. The molecule has 5 aliphatic carbocycles. The van der Waals surface area contributed by atoms with Gasteiger partial charge in [-0.05, 0) is 119 Å². The molecule has 0 amide bonds. The Morgan fingerprint density at radius 3 is 1.86 bits per heavy atom. The Morgan fingerprint density at radius 1 is 0.500 bits per heavy atom. The van der Waals surface area contributed by atoms with E-state index in [-0.39, 0.29) is 5.41 Å². The summed E-state index contributed by atoms with van der Waals surface area (Å²) in [4.78, 5) is 19.5. The van der Waals surface area contributed by atoms with Crippen LogP contribution in [0.3, 0.4) is 0 Å². The van der Waals surface area contributed by atoms with E-state index in [2.05, 4.69) is 71.7 Å². The molecular weight excluding hydrogens is 536 g/mol. The maximum Gasteiger partial charge on any atom is 0.182 e. The molecule has 212 valence electrons. The molecule has 2 aromatic heterocycles. The molecule has 11 rings (SSSR count). The SMILES string of the molecule is c1ccc(-c2nc(-c3ccc4c(c3)-c3cc5ccccc5cc3C43C4CC5CC(C4)CC3C5)nc(-c3ccccn3)n2)cc1. The number of pyridine rings is 1. The van der Waals surface area contributed by atoms with Crippen molar-refractivity contribution >= 4 is 10.8 Å². The van der Waals surface area contributed by atoms with E-state index < -0.39 is 0 Å². The molecule has 0 aliphatic heterocycles. The number of hydrogen-bond donors (Lipinski definition) is 0. The first kappa shape index (κ1) is 24.7. The molecule has 4 saturated carbocycles. The standard InChI is InChI=1S/C40H32N4/c1-2-8-26(9-3-1)37-42-38(44-39(43-37)36-12-6-7-15-41-36)29-13-14-34-32(22-29)33-21-27-10-4-5-11-28(27)23-35(33)40(34)30-17-24-16-25(19-30)20-31(40)18-24/h1-15,21-25,30-31H,16-20H2. The second kappa shape index (κ2) is 9.15. The van der Waals surface area contributed by atoms with Crippen molar-refractivity contribution in [2.45, 2.75) is 37.5 Å². The van der Waals surface area contributed by atoms with Gasteiger partial charge in [0, 0.05) is 22.7 Å². The van der Waals surface area contributed by atoms with Crippen molar-refractivity contribution in [3.05, 3.63) is 120 Å². The van der Waals surface area contributed by atoms with E-state index in [9.17, 15) is 0 Å². The molecule has 4 bridgehead atoms. The summed E-state index contributed by atoms with van der Waals surface area (Å²) in [7, 11) is 0. The van der Waals surface area contributed by atoms with Crippen LogP contribution in [0.4, 0.5) is 0 Å². The van der Waals surface area contributed by atoms with Crippen LogP contribution in [0.25, 0.3) is 56.2 Å². The summed E-state index contributed by atoms with van der Waals surface area (Å²) >= 11 is 0. The van der Waals surface area contributed by atoms with Crippen LogP contribution in [0.15, 0.2) is 109 Å². The fraction of sp³-hybridized carbons (Fsp3) is 0.250. The molecule has 1 spiro atoms. The summed E-state index contributed by atoms with van der Waals surface area (Å²) < 4.78 is 0. The van der Waals surface area contributed by atoms with Crippen LogP contribution in [-0.4, -0.2) is 19.9 Å². The van der Waals surface area contributed by atoms with Crippen molar-refractivity contribution in [2.75, 3.05) is 0 Å². The van der Waals surface area contributed by atoms with Crippen molar-refractivity contribution in [1.82, 2.24) is 19.9 Å². The quantitative estimate of drug-likeness (QED) is 0.214. The molecule has 2 heterocycles. The van der Waals surface area contributed by atoms with Gasteiger partial charge in [0.05, 0.1) is 0 Å². The number of rotatable bonds is 3. The van der Waals surface area contributed by atoms with E-state index in [0.717, 1.165) is 40.5 Å². The molecule has 44 heavy (non-hydrogen) atoms. The normalized spacial score (nSPS) is 25.8. The van der Waals surface area contributed by atoms with Gasteiger partial charge in [0.15, 0.2) is 17.5 Å². The topological polar surface area (TPSA) is 51.6 Å². The van der Waals surface area contributed by atoms with Crippen molar-refractivity contribution in [1.29, 1.82) is 0 Å². The summed E-state index contributed by atoms with van der Waals surface area (Å²) in [5.41, 5.74) is 8.77. The molecule has 6 aromatic rings. The summed E-state index contributed by atoms with van der Waals surface area (Å²) in [6.45, 7) is 0.